The van der Waals surface area contributed by atoms with Crippen molar-refractivity contribution in [1.29, 1.82) is 0 Å². The van der Waals surface area contributed by atoms with Gasteiger partial charge in [0.2, 0.25) is 0 Å². The first-order valence-corrected chi connectivity index (χ1v) is 12.0. The zero-order chi connectivity index (χ0) is 22.7. The van der Waals surface area contributed by atoms with Crippen LogP contribution in [0.1, 0.15) is 60.8 Å². The Balaban J connectivity index is -0.000000471. The van der Waals surface area contributed by atoms with Gasteiger partial charge in [-0.15, -0.1) is 0 Å². The van der Waals surface area contributed by atoms with Gasteiger partial charge in [0.15, 0.2) is 0 Å². The molecule has 30 heavy (non-hydrogen) atoms. The molecular formula is C20H40O8SSi. The number of esters is 2. The average molecular weight is 469 g/mol. The Kier molecular flexibility index (Phi) is 23.5. The second-order valence-corrected chi connectivity index (χ2v) is 8.83. The van der Waals surface area contributed by atoms with Gasteiger partial charge in [-0.2, -0.15) is 13.5 Å². The van der Waals surface area contributed by atoms with E-state index in [2.05, 4.69) is 23.0 Å². The summed E-state index contributed by atoms with van der Waals surface area (Å²) in [5.41, 5.74) is 0.282. The van der Waals surface area contributed by atoms with Crippen LogP contribution in [0.5, 0.6) is 0 Å². The van der Waals surface area contributed by atoms with E-state index in [1.54, 1.807) is 0 Å². The van der Waals surface area contributed by atoms with Gasteiger partial charge < -0.3 is 22.8 Å². The number of ether oxygens (including phenoxy) is 2. The van der Waals surface area contributed by atoms with Crippen LogP contribution in [0.25, 0.3) is 0 Å². The fourth-order valence-corrected chi connectivity index (χ4v) is 4.85. The Bertz CT molecular complexity index is 482. The van der Waals surface area contributed by atoms with Gasteiger partial charge in [-0.25, -0.2) is 4.79 Å². The standard InChI is InChI=1S/C10H14O5.C10H24O3Si.H2S/c1-7(2)10(13)15-5-4-14-9(12)6-8(3)11;1-5-9-10-14(11-6-2,12-7-3)13-8-4;/h1,4-6H2,2-3H3;5-10H2,1-4H3;1H2. The molecule has 0 fully saturated rings. The molecule has 0 aromatic heterocycles. The van der Waals surface area contributed by atoms with E-state index < -0.39 is 20.7 Å². The molecule has 0 unspecified atom stereocenters. The lowest BCUT2D eigenvalue weighted by molar-refractivity contribution is -0.151. The van der Waals surface area contributed by atoms with Crippen molar-refractivity contribution in [3.8, 4) is 0 Å². The van der Waals surface area contributed by atoms with Crippen LogP contribution in [0.2, 0.25) is 6.04 Å². The van der Waals surface area contributed by atoms with Crippen LogP contribution < -0.4 is 0 Å². The normalized spacial score (nSPS) is 10.2. The van der Waals surface area contributed by atoms with Crippen LogP contribution >= 0.6 is 13.5 Å². The highest BCUT2D eigenvalue weighted by Gasteiger charge is 2.39. The molecule has 0 atom stereocenters. The Hall–Kier alpha value is -1.20. The maximum atomic E-state index is 10.8. The Labute approximate surface area is 189 Å². The maximum absolute atomic E-state index is 10.8. The average Bonchev–Trinajstić information content (AvgIpc) is 2.64. The zero-order valence-electron chi connectivity index (χ0n) is 19.3. The van der Waals surface area contributed by atoms with E-state index >= 15 is 0 Å². The van der Waals surface area contributed by atoms with E-state index in [4.69, 9.17) is 13.3 Å². The first-order valence-electron chi connectivity index (χ1n) is 10.1. The molecule has 8 nitrogen and oxygen atoms in total. The van der Waals surface area contributed by atoms with Crippen molar-refractivity contribution >= 4 is 40.0 Å². The van der Waals surface area contributed by atoms with Gasteiger partial charge in [0.25, 0.3) is 0 Å². The van der Waals surface area contributed by atoms with Crippen molar-refractivity contribution in [2.45, 2.75) is 66.8 Å². The third-order valence-electron chi connectivity index (χ3n) is 3.25. The lowest BCUT2D eigenvalue weighted by Gasteiger charge is -2.28. The monoisotopic (exact) mass is 468 g/mol. The van der Waals surface area contributed by atoms with E-state index in [0.29, 0.717) is 19.8 Å². The van der Waals surface area contributed by atoms with Crippen molar-refractivity contribution in [3.63, 3.8) is 0 Å². The molecule has 0 aliphatic heterocycles. The van der Waals surface area contributed by atoms with Crippen molar-refractivity contribution in [1.82, 2.24) is 0 Å². The summed E-state index contributed by atoms with van der Waals surface area (Å²) in [6.45, 7) is 16.3. The van der Waals surface area contributed by atoms with Crippen molar-refractivity contribution in [2.24, 2.45) is 0 Å². The third kappa shape index (κ3) is 18.8. The van der Waals surface area contributed by atoms with E-state index in [1.165, 1.54) is 13.8 Å². The van der Waals surface area contributed by atoms with E-state index in [1.807, 2.05) is 20.8 Å². The van der Waals surface area contributed by atoms with Crippen LogP contribution in [0.3, 0.4) is 0 Å². The number of carbonyl (C=O) groups is 3. The summed E-state index contributed by atoms with van der Waals surface area (Å²) in [6, 6.07) is 0.943. The minimum absolute atomic E-state index is 0. The molecule has 0 N–H and O–H groups in total. The molecule has 0 amide bonds. The van der Waals surface area contributed by atoms with Crippen molar-refractivity contribution in [3.05, 3.63) is 12.2 Å². The second-order valence-electron chi connectivity index (χ2n) is 6.10. The highest BCUT2D eigenvalue weighted by molar-refractivity contribution is 7.59. The summed E-state index contributed by atoms with van der Waals surface area (Å²) >= 11 is 0. The van der Waals surface area contributed by atoms with Crippen molar-refractivity contribution < 1.29 is 37.1 Å². The zero-order valence-corrected chi connectivity index (χ0v) is 21.3. The Morgan fingerprint density at radius 3 is 1.67 bits per heavy atom. The number of ketones is 1. The molecule has 0 radical (unpaired) electrons. The van der Waals surface area contributed by atoms with Crippen LogP contribution in [-0.2, 0) is 37.1 Å². The van der Waals surface area contributed by atoms with Crippen molar-refractivity contribution in [2.75, 3.05) is 33.0 Å². The van der Waals surface area contributed by atoms with E-state index in [9.17, 15) is 14.4 Å². The molecule has 0 aliphatic rings. The fourth-order valence-electron chi connectivity index (χ4n) is 2.06. The van der Waals surface area contributed by atoms with Gasteiger partial charge >= 0.3 is 20.7 Å². The molecule has 0 heterocycles. The maximum Gasteiger partial charge on any atom is 0.500 e. The quantitative estimate of drug-likeness (QED) is 0.118. The van der Waals surface area contributed by atoms with Crippen LogP contribution in [0.15, 0.2) is 12.2 Å². The number of carbonyl (C=O) groups excluding carboxylic acids is 3. The molecule has 10 heteroatoms. The summed E-state index contributed by atoms with van der Waals surface area (Å²) in [7, 11) is -2.32. The molecule has 0 rings (SSSR count). The number of unbranched alkanes of at least 4 members (excludes halogenated alkanes) is 1. The number of hydrogen-bond donors (Lipinski definition) is 0. The lowest BCUT2D eigenvalue weighted by atomic mass is 10.3. The largest absolute Gasteiger partial charge is 0.500 e. The highest BCUT2D eigenvalue weighted by atomic mass is 32.1. The molecule has 0 saturated carbocycles. The fraction of sp³-hybridized carbons (Fsp3) is 0.750. The van der Waals surface area contributed by atoms with Gasteiger partial charge in [-0.1, -0.05) is 19.9 Å². The second kappa shape index (κ2) is 21.0. The first kappa shape index (κ1) is 33.4. The number of hydrogen-bond acceptors (Lipinski definition) is 8. The van der Waals surface area contributed by atoms with Gasteiger partial charge in [-0.3, -0.25) is 9.59 Å². The summed E-state index contributed by atoms with van der Waals surface area (Å²) in [6.07, 6.45) is 2.02. The minimum Gasteiger partial charge on any atom is -0.462 e. The van der Waals surface area contributed by atoms with Gasteiger partial charge in [-0.05, 0) is 41.0 Å². The SMILES string of the molecule is C=C(C)C(=O)OCCOC(=O)CC(C)=O.CCCC[Si](OCC)(OCC)OCC.S. The topological polar surface area (TPSA) is 97.4 Å². The third-order valence-corrected chi connectivity index (χ3v) is 6.40. The molecule has 0 bridgehead atoms. The predicted molar refractivity (Wildman–Crippen MR) is 123 cm³/mol. The van der Waals surface area contributed by atoms with Gasteiger partial charge in [0, 0.05) is 31.4 Å². The summed E-state index contributed by atoms with van der Waals surface area (Å²) < 4.78 is 26.4. The van der Waals surface area contributed by atoms with Crippen LogP contribution in [0.4, 0.5) is 0 Å². The molecule has 0 aromatic carbocycles. The van der Waals surface area contributed by atoms with Crippen LogP contribution in [-0.4, -0.2) is 59.6 Å². The van der Waals surface area contributed by atoms with Crippen LogP contribution in [0, 0.1) is 0 Å². The van der Waals surface area contributed by atoms with E-state index in [-0.39, 0.29) is 44.5 Å². The minimum atomic E-state index is -2.32. The van der Waals surface area contributed by atoms with E-state index in [0.717, 1.165) is 18.9 Å². The summed E-state index contributed by atoms with van der Waals surface area (Å²) in [4.78, 5) is 32.2. The molecule has 0 saturated heterocycles. The smallest absolute Gasteiger partial charge is 0.462 e. The predicted octanol–water partition coefficient (Wildman–Crippen LogP) is 3.58. The first-order chi connectivity index (χ1) is 13.7. The van der Waals surface area contributed by atoms with Gasteiger partial charge in [0.1, 0.15) is 25.4 Å². The lowest BCUT2D eigenvalue weighted by Crippen LogP contribution is -2.45. The summed E-state index contributed by atoms with van der Waals surface area (Å²) in [5, 5.41) is 0. The Morgan fingerprint density at radius 1 is 0.833 bits per heavy atom. The number of rotatable bonds is 15. The molecule has 0 aromatic rings. The highest BCUT2D eigenvalue weighted by Crippen LogP contribution is 2.18. The number of Topliss-reactive ketones (excluding diaryl/α,β-unsaturated/α-hetero) is 1. The molecule has 178 valence electrons. The molecule has 0 aliphatic carbocycles. The summed E-state index contributed by atoms with van der Waals surface area (Å²) in [5.74, 6) is -1.41. The van der Waals surface area contributed by atoms with Gasteiger partial charge in [0.05, 0.1) is 0 Å². The Morgan fingerprint density at radius 2 is 1.30 bits per heavy atom. The molecular weight excluding hydrogens is 428 g/mol. The molecule has 0 spiro atoms.